The summed E-state index contributed by atoms with van der Waals surface area (Å²) in [4.78, 5) is 24.3. The first-order valence-electron chi connectivity index (χ1n) is 9.38. The molecule has 134 valence electrons. The van der Waals surface area contributed by atoms with Crippen molar-refractivity contribution in [3.05, 3.63) is 48.0 Å². The van der Waals surface area contributed by atoms with Crippen LogP contribution < -0.4 is 0 Å². The Morgan fingerprint density at radius 1 is 0.960 bits per heavy atom. The van der Waals surface area contributed by atoms with Crippen molar-refractivity contribution in [3.63, 3.8) is 0 Å². The zero-order chi connectivity index (χ0) is 18.2. The van der Waals surface area contributed by atoms with Crippen molar-refractivity contribution >= 4 is 22.5 Å². The molecule has 0 bridgehead atoms. The number of esters is 1. The molecular formula is C22H28O3. The van der Waals surface area contributed by atoms with Gasteiger partial charge in [-0.25, -0.2) is 4.79 Å². The third-order valence-corrected chi connectivity index (χ3v) is 4.70. The summed E-state index contributed by atoms with van der Waals surface area (Å²) in [6.07, 6.45) is 4.44. The Morgan fingerprint density at radius 3 is 2.28 bits per heavy atom. The molecule has 1 aliphatic rings. The molecule has 0 amide bonds. The van der Waals surface area contributed by atoms with E-state index in [0.29, 0.717) is 0 Å². The first-order chi connectivity index (χ1) is 12.1. The molecule has 1 atom stereocenters. The van der Waals surface area contributed by atoms with E-state index in [1.165, 1.54) is 0 Å². The number of fused-ring (bicyclic) bond motifs is 1. The van der Waals surface area contributed by atoms with Gasteiger partial charge in [-0.1, -0.05) is 69.5 Å². The van der Waals surface area contributed by atoms with Crippen molar-refractivity contribution in [3.8, 4) is 0 Å². The average molecular weight is 340 g/mol. The van der Waals surface area contributed by atoms with E-state index in [-0.39, 0.29) is 11.7 Å². The number of rotatable bonds is 4. The zero-order valence-corrected chi connectivity index (χ0v) is 15.5. The minimum Gasteiger partial charge on any atom is -0.452 e. The summed E-state index contributed by atoms with van der Waals surface area (Å²) in [7, 11) is 0. The molecular weight excluding hydrogens is 312 g/mol. The highest BCUT2D eigenvalue weighted by Gasteiger charge is 2.29. The fourth-order valence-corrected chi connectivity index (χ4v) is 3.28. The molecule has 3 nitrogen and oxygen atoms in total. The monoisotopic (exact) mass is 340 g/mol. The van der Waals surface area contributed by atoms with Crippen molar-refractivity contribution in [2.75, 3.05) is 0 Å². The van der Waals surface area contributed by atoms with Crippen LogP contribution in [0.1, 0.15) is 64.5 Å². The van der Waals surface area contributed by atoms with E-state index in [0.717, 1.165) is 48.4 Å². The Balaban J connectivity index is 0.00000109. The van der Waals surface area contributed by atoms with Gasteiger partial charge in [0.1, 0.15) is 6.10 Å². The van der Waals surface area contributed by atoms with Crippen molar-refractivity contribution in [2.45, 2.75) is 59.0 Å². The van der Waals surface area contributed by atoms with Gasteiger partial charge in [-0.05, 0) is 42.2 Å². The van der Waals surface area contributed by atoms with E-state index in [1.54, 1.807) is 0 Å². The predicted octanol–water partition coefficient (Wildman–Crippen LogP) is 5.62. The predicted molar refractivity (Wildman–Crippen MR) is 101 cm³/mol. The van der Waals surface area contributed by atoms with Crippen LogP contribution >= 0.6 is 0 Å². The Bertz CT molecular complexity index is 714. The van der Waals surface area contributed by atoms with Crippen molar-refractivity contribution in [1.29, 1.82) is 0 Å². The molecule has 2 aromatic rings. The summed E-state index contributed by atoms with van der Waals surface area (Å²) >= 11 is 0. The Labute approximate surface area is 150 Å². The summed E-state index contributed by atoms with van der Waals surface area (Å²) in [6, 6.07) is 14.0. The lowest BCUT2D eigenvalue weighted by molar-refractivity contribution is -0.159. The third kappa shape index (κ3) is 4.91. The smallest absolute Gasteiger partial charge is 0.375 e. The average Bonchev–Trinajstić information content (AvgIpc) is 2.69. The standard InChI is InChI=1S/C20H22O3.C2H6/c1-14(17-12-11-15-7-5-6-10-18(15)13-17)23-20(22)19(21)16-8-3-2-4-9-16;1-2/h5-7,10-14,16H,2-4,8-9H2,1H3;1-2H3. The maximum absolute atomic E-state index is 12.2. The quantitative estimate of drug-likeness (QED) is 0.536. The molecule has 1 aliphatic carbocycles. The fourth-order valence-electron chi connectivity index (χ4n) is 3.28. The second kappa shape index (κ2) is 9.36. The lowest BCUT2D eigenvalue weighted by Gasteiger charge is -2.20. The van der Waals surface area contributed by atoms with Crippen LogP contribution in [-0.4, -0.2) is 11.8 Å². The van der Waals surface area contributed by atoms with E-state index in [9.17, 15) is 9.59 Å². The minimum absolute atomic E-state index is 0.139. The summed E-state index contributed by atoms with van der Waals surface area (Å²) in [6.45, 7) is 5.82. The summed E-state index contributed by atoms with van der Waals surface area (Å²) < 4.78 is 5.41. The molecule has 0 N–H and O–H groups in total. The molecule has 0 radical (unpaired) electrons. The van der Waals surface area contributed by atoms with Gasteiger partial charge in [-0.3, -0.25) is 4.79 Å². The van der Waals surface area contributed by atoms with Gasteiger partial charge in [0.25, 0.3) is 0 Å². The highest BCUT2D eigenvalue weighted by Crippen LogP contribution is 2.26. The normalized spacial score (nSPS) is 15.8. The number of hydrogen-bond acceptors (Lipinski definition) is 3. The van der Waals surface area contributed by atoms with Crippen LogP contribution in [0.4, 0.5) is 0 Å². The highest BCUT2D eigenvalue weighted by molar-refractivity contribution is 6.34. The lowest BCUT2D eigenvalue weighted by Crippen LogP contribution is -2.28. The molecule has 0 heterocycles. The number of ketones is 1. The highest BCUT2D eigenvalue weighted by atomic mass is 16.5. The lowest BCUT2D eigenvalue weighted by atomic mass is 9.86. The molecule has 1 fully saturated rings. The Morgan fingerprint density at radius 2 is 1.60 bits per heavy atom. The first-order valence-corrected chi connectivity index (χ1v) is 9.38. The van der Waals surface area contributed by atoms with Crippen LogP contribution in [0.25, 0.3) is 10.8 Å². The van der Waals surface area contributed by atoms with Crippen molar-refractivity contribution < 1.29 is 14.3 Å². The number of Topliss-reactive ketones (excluding diaryl/α,β-unsaturated/α-hetero) is 1. The van der Waals surface area contributed by atoms with Crippen LogP contribution in [0.2, 0.25) is 0 Å². The molecule has 3 heteroatoms. The van der Waals surface area contributed by atoms with E-state index in [2.05, 4.69) is 0 Å². The van der Waals surface area contributed by atoms with Gasteiger partial charge >= 0.3 is 5.97 Å². The summed E-state index contributed by atoms with van der Waals surface area (Å²) in [5.74, 6) is -1.17. The molecule has 0 aliphatic heterocycles. The van der Waals surface area contributed by atoms with E-state index < -0.39 is 12.1 Å². The molecule has 25 heavy (non-hydrogen) atoms. The van der Waals surface area contributed by atoms with Gasteiger partial charge in [-0.15, -0.1) is 0 Å². The molecule has 2 aromatic carbocycles. The van der Waals surface area contributed by atoms with Crippen LogP contribution in [0.5, 0.6) is 0 Å². The van der Waals surface area contributed by atoms with Gasteiger partial charge < -0.3 is 4.74 Å². The molecule has 0 saturated heterocycles. The number of benzene rings is 2. The first kappa shape index (κ1) is 19.2. The van der Waals surface area contributed by atoms with Gasteiger partial charge in [0, 0.05) is 5.92 Å². The van der Waals surface area contributed by atoms with Crippen LogP contribution in [-0.2, 0) is 14.3 Å². The Hall–Kier alpha value is -2.16. The van der Waals surface area contributed by atoms with Gasteiger partial charge in [0.2, 0.25) is 5.78 Å². The second-order valence-corrected chi connectivity index (χ2v) is 6.35. The Kier molecular flexibility index (Phi) is 7.17. The maximum atomic E-state index is 12.2. The largest absolute Gasteiger partial charge is 0.452 e. The zero-order valence-electron chi connectivity index (χ0n) is 15.5. The van der Waals surface area contributed by atoms with E-state index >= 15 is 0 Å². The third-order valence-electron chi connectivity index (χ3n) is 4.70. The number of carbonyl (C=O) groups is 2. The van der Waals surface area contributed by atoms with E-state index in [1.807, 2.05) is 63.2 Å². The van der Waals surface area contributed by atoms with Gasteiger partial charge in [-0.2, -0.15) is 0 Å². The van der Waals surface area contributed by atoms with Crippen LogP contribution in [0, 0.1) is 5.92 Å². The molecule has 0 aromatic heterocycles. The van der Waals surface area contributed by atoms with Gasteiger partial charge in [0.05, 0.1) is 0 Å². The number of ether oxygens (including phenoxy) is 1. The van der Waals surface area contributed by atoms with Crippen molar-refractivity contribution in [2.24, 2.45) is 5.92 Å². The summed E-state index contributed by atoms with van der Waals surface area (Å²) in [5.41, 5.74) is 0.911. The second-order valence-electron chi connectivity index (χ2n) is 6.35. The molecule has 1 saturated carbocycles. The fraction of sp³-hybridized carbons (Fsp3) is 0.455. The molecule has 0 spiro atoms. The SMILES string of the molecule is CC.CC(OC(=O)C(=O)C1CCCCC1)c1ccc2ccccc2c1. The molecule has 3 rings (SSSR count). The summed E-state index contributed by atoms with van der Waals surface area (Å²) in [5, 5.41) is 2.25. The maximum Gasteiger partial charge on any atom is 0.375 e. The van der Waals surface area contributed by atoms with E-state index in [4.69, 9.17) is 4.74 Å². The molecule has 1 unspecified atom stereocenters. The minimum atomic E-state index is -0.683. The van der Waals surface area contributed by atoms with Crippen LogP contribution in [0.15, 0.2) is 42.5 Å². The number of hydrogen-bond donors (Lipinski definition) is 0. The van der Waals surface area contributed by atoms with Crippen molar-refractivity contribution in [1.82, 2.24) is 0 Å². The topological polar surface area (TPSA) is 43.4 Å². The van der Waals surface area contributed by atoms with Gasteiger partial charge in [0.15, 0.2) is 0 Å². The number of carbonyl (C=O) groups excluding carboxylic acids is 2. The van der Waals surface area contributed by atoms with Crippen LogP contribution in [0.3, 0.4) is 0 Å².